The van der Waals surface area contributed by atoms with Crippen LogP contribution < -0.4 is 10.2 Å². The first-order valence-electron chi connectivity index (χ1n) is 8.51. The number of carbonyl (C=O) groups excluding carboxylic acids is 1. The van der Waals surface area contributed by atoms with Gasteiger partial charge in [-0.05, 0) is 56.0 Å². The molecule has 0 saturated heterocycles. The summed E-state index contributed by atoms with van der Waals surface area (Å²) in [5.41, 5.74) is 3.41. The van der Waals surface area contributed by atoms with Gasteiger partial charge < -0.3 is 10.2 Å². The maximum atomic E-state index is 12.5. The minimum absolute atomic E-state index is 0.211. The van der Waals surface area contributed by atoms with Crippen molar-refractivity contribution < 1.29 is 4.79 Å². The first kappa shape index (κ1) is 17.9. The Morgan fingerprint density at radius 1 is 1.08 bits per heavy atom. The number of hydrogen-bond donors (Lipinski definition) is 1. The van der Waals surface area contributed by atoms with Crippen LogP contribution in [0.15, 0.2) is 30.5 Å². The molecule has 0 aliphatic carbocycles. The summed E-state index contributed by atoms with van der Waals surface area (Å²) >= 11 is 0. The molecule has 24 heavy (non-hydrogen) atoms. The molecule has 0 fully saturated rings. The number of hydrogen-bond acceptors (Lipinski definition) is 4. The molecule has 0 saturated carbocycles. The van der Waals surface area contributed by atoms with E-state index < -0.39 is 0 Å². The second-order valence-corrected chi connectivity index (χ2v) is 6.06. The zero-order valence-corrected chi connectivity index (χ0v) is 15.0. The van der Waals surface area contributed by atoms with Gasteiger partial charge in [0, 0.05) is 25.0 Å². The van der Waals surface area contributed by atoms with E-state index in [0.29, 0.717) is 11.6 Å². The van der Waals surface area contributed by atoms with Gasteiger partial charge in [-0.25, -0.2) is 9.97 Å². The third-order valence-electron chi connectivity index (χ3n) is 3.62. The average Bonchev–Trinajstić information content (AvgIpc) is 2.54. The van der Waals surface area contributed by atoms with Gasteiger partial charge in [0.25, 0.3) is 5.91 Å². The number of aryl methyl sites for hydroxylation is 2. The minimum Gasteiger partial charge on any atom is -0.341 e. The number of benzene rings is 1. The van der Waals surface area contributed by atoms with Crippen molar-refractivity contribution in [2.45, 2.75) is 40.5 Å². The van der Waals surface area contributed by atoms with Crippen molar-refractivity contribution in [3.8, 4) is 0 Å². The number of carbonyl (C=O) groups is 1. The Morgan fingerprint density at radius 2 is 1.71 bits per heavy atom. The summed E-state index contributed by atoms with van der Waals surface area (Å²) in [4.78, 5) is 23.4. The molecule has 1 amide bonds. The van der Waals surface area contributed by atoms with Crippen LogP contribution in [-0.2, 0) is 0 Å². The van der Waals surface area contributed by atoms with Crippen LogP contribution in [0.5, 0.6) is 0 Å². The van der Waals surface area contributed by atoms with Gasteiger partial charge in [0.1, 0.15) is 5.69 Å². The van der Waals surface area contributed by atoms with Crippen molar-refractivity contribution in [2.24, 2.45) is 0 Å². The second kappa shape index (κ2) is 8.43. The molecule has 0 aliphatic rings. The van der Waals surface area contributed by atoms with Gasteiger partial charge in [0.15, 0.2) is 0 Å². The Balaban J connectivity index is 2.18. The standard InChI is InChI=1S/C19H26N4O/c1-5-9-23(10-6-2)19-20-8-7-17(22-19)18(24)21-16-12-14(3)11-15(4)13-16/h7-8,11-13H,5-6,9-10H2,1-4H3,(H,21,24). The molecular weight excluding hydrogens is 300 g/mol. The number of nitrogens with one attached hydrogen (secondary N) is 1. The molecule has 1 aromatic heterocycles. The summed E-state index contributed by atoms with van der Waals surface area (Å²) in [7, 11) is 0. The SMILES string of the molecule is CCCN(CCC)c1nccc(C(=O)Nc2cc(C)cc(C)c2)n1. The van der Waals surface area contributed by atoms with E-state index in [1.165, 1.54) is 0 Å². The van der Waals surface area contributed by atoms with Crippen LogP contribution in [0.4, 0.5) is 11.6 Å². The fourth-order valence-corrected chi connectivity index (χ4v) is 2.72. The van der Waals surface area contributed by atoms with Crippen LogP contribution in [0.25, 0.3) is 0 Å². The molecule has 0 bridgehead atoms. The van der Waals surface area contributed by atoms with Gasteiger partial charge in [0.05, 0.1) is 0 Å². The van der Waals surface area contributed by atoms with Crippen molar-refractivity contribution >= 4 is 17.5 Å². The van der Waals surface area contributed by atoms with Gasteiger partial charge in [-0.1, -0.05) is 19.9 Å². The number of amides is 1. The van der Waals surface area contributed by atoms with Gasteiger partial charge in [0.2, 0.25) is 5.95 Å². The highest BCUT2D eigenvalue weighted by Gasteiger charge is 2.13. The van der Waals surface area contributed by atoms with Gasteiger partial charge >= 0.3 is 0 Å². The lowest BCUT2D eigenvalue weighted by molar-refractivity contribution is 0.102. The van der Waals surface area contributed by atoms with Crippen molar-refractivity contribution in [3.05, 3.63) is 47.3 Å². The molecule has 128 valence electrons. The van der Waals surface area contributed by atoms with Crippen LogP contribution in [0.2, 0.25) is 0 Å². The van der Waals surface area contributed by atoms with E-state index >= 15 is 0 Å². The van der Waals surface area contributed by atoms with Crippen molar-refractivity contribution in [3.63, 3.8) is 0 Å². The van der Waals surface area contributed by atoms with Crippen molar-refractivity contribution in [2.75, 3.05) is 23.3 Å². The summed E-state index contributed by atoms with van der Waals surface area (Å²) in [6.07, 6.45) is 3.68. The molecule has 2 aromatic rings. The Labute approximate surface area is 144 Å². The van der Waals surface area contributed by atoms with Crippen LogP contribution in [-0.4, -0.2) is 29.0 Å². The summed E-state index contributed by atoms with van der Waals surface area (Å²) in [5.74, 6) is 0.406. The van der Waals surface area contributed by atoms with E-state index in [0.717, 1.165) is 42.7 Å². The maximum Gasteiger partial charge on any atom is 0.274 e. The normalized spacial score (nSPS) is 10.5. The lowest BCUT2D eigenvalue weighted by atomic mass is 10.1. The summed E-state index contributed by atoms with van der Waals surface area (Å²) < 4.78 is 0. The largest absolute Gasteiger partial charge is 0.341 e. The van der Waals surface area contributed by atoms with E-state index in [1.807, 2.05) is 26.0 Å². The molecule has 0 spiro atoms. The van der Waals surface area contributed by atoms with E-state index in [4.69, 9.17) is 0 Å². The number of aromatic nitrogens is 2. The highest BCUT2D eigenvalue weighted by Crippen LogP contribution is 2.15. The monoisotopic (exact) mass is 326 g/mol. The third kappa shape index (κ3) is 4.78. The molecule has 0 radical (unpaired) electrons. The predicted molar refractivity (Wildman–Crippen MR) is 98.7 cm³/mol. The molecule has 5 nitrogen and oxygen atoms in total. The van der Waals surface area contributed by atoms with Gasteiger partial charge in [-0.2, -0.15) is 0 Å². The highest BCUT2D eigenvalue weighted by molar-refractivity contribution is 6.03. The Morgan fingerprint density at radius 3 is 2.29 bits per heavy atom. The number of rotatable bonds is 7. The molecule has 1 heterocycles. The Hall–Kier alpha value is -2.43. The first-order valence-corrected chi connectivity index (χ1v) is 8.51. The molecular formula is C19H26N4O. The lowest BCUT2D eigenvalue weighted by Crippen LogP contribution is -2.27. The fraction of sp³-hybridized carbons (Fsp3) is 0.421. The van der Waals surface area contributed by atoms with Crippen molar-refractivity contribution in [1.29, 1.82) is 0 Å². The molecule has 0 unspecified atom stereocenters. The second-order valence-electron chi connectivity index (χ2n) is 6.06. The van der Waals surface area contributed by atoms with Crippen LogP contribution in [0.1, 0.15) is 48.3 Å². The first-order chi connectivity index (χ1) is 11.5. The van der Waals surface area contributed by atoms with E-state index in [2.05, 4.69) is 40.1 Å². The number of anilines is 2. The summed E-state index contributed by atoms with van der Waals surface area (Å²) in [5, 5.41) is 2.92. The number of nitrogens with zero attached hydrogens (tertiary/aromatic N) is 3. The summed E-state index contributed by atoms with van der Waals surface area (Å²) in [6, 6.07) is 7.63. The van der Waals surface area contributed by atoms with Crippen LogP contribution in [0, 0.1) is 13.8 Å². The third-order valence-corrected chi connectivity index (χ3v) is 3.62. The minimum atomic E-state index is -0.211. The van der Waals surface area contributed by atoms with Crippen LogP contribution >= 0.6 is 0 Å². The Bertz CT molecular complexity index is 673. The van der Waals surface area contributed by atoms with Gasteiger partial charge in [-0.3, -0.25) is 4.79 Å². The van der Waals surface area contributed by atoms with E-state index in [-0.39, 0.29) is 5.91 Å². The maximum absolute atomic E-state index is 12.5. The zero-order valence-electron chi connectivity index (χ0n) is 15.0. The van der Waals surface area contributed by atoms with Crippen molar-refractivity contribution in [1.82, 2.24) is 9.97 Å². The Kier molecular flexibility index (Phi) is 6.29. The average molecular weight is 326 g/mol. The lowest BCUT2D eigenvalue weighted by Gasteiger charge is -2.21. The molecule has 5 heteroatoms. The molecule has 1 N–H and O–H groups in total. The molecule has 1 aromatic carbocycles. The topological polar surface area (TPSA) is 58.1 Å². The molecule has 2 rings (SSSR count). The zero-order chi connectivity index (χ0) is 17.5. The van der Waals surface area contributed by atoms with Crippen LogP contribution in [0.3, 0.4) is 0 Å². The molecule has 0 atom stereocenters. The quantitative estimate of drug-likeness (QED) is 0.836. The van der Waals surface area contributed by atoms with Gasteiger partial charge in [-0.15, -0.1) is 0 Å². The molecule has 0 aliphatic heterocycles. The van der Waals surface area contributed by atoms with E-state index in [1.54, 1.807) is 12.3 Å². The predicted octanol–water partition coefficient (Wildman–Crippen LogP) is 3.97. The highest BCUT2D eigenvalue weighted by atomic mass is 16.1. The van der Waals surface area contributed by atoms with E-state index in [9.17, 15) is 4.79 Å². The fourth-order valence-electron chi connectivity index (χ4n) is 2.72. The summed E-state index contributed by atoms with van der Waals surface area (Å²) in [6.45, 7) is 10.0. The smallest absolute Gasteiger partial charge is 0.274 e.